The highest BCUT2D eigenvalue weighted by Gasteiger charge is 2.21. The number of hydrogen-bond acceptors (Lipinski definition) is 3. The van der Waals surface area contributed by atoms with Crippen LogP contribution in [0.4, 0.5) is 5.69 Å². The molecular formula is C23H23ClN2O3S. The molecule has 0 unspecified atom stereocenters. The zero-order valence-corrected chi connectivity index (χ0v) is 18.5. The number of rotatable bonds is 6. The van der Waals surface area contributed by atoms with Crippen LogP contribution in [-0.4, -0.2) is 14.3 Å². The van der Waals surface area contributed by atoms with Gasteiger partial charge in [-0.15, -0.1) is 0 Å². The fraction of sp³-hybridized carbons (Fsp3) is 0.174. The second-order valence-electron chi connectivity index (χ2n) is 7.22. The molecule has 1 atom stereocenters. The maximum atomic E-state index is 12.8. The zero-order chi connectivity index (χ0) is 21.9. The van der Waals surface area contributed by atoms with Gasteiger partial charge in [-0.1, -0.05) is 59.1 Å². The molecule has 0 aliphatic carbocycles. The van der Waals surface area contributed by atoms with Gasteiger partial charge in [-0.2, -0.15) is 0 Å². The Morgan fingerprint density at radius 2 is 1.47 bits per heavy atom. The molecule has 0 heterocycles. The maximum absolute atomic E-state index is 12.8. The number of benzene rings is 3. The van der Waals surface area contributed by atoms with Gasteiger partial charge in [-0.05, 0) is 56.7 Å². The Labute approximate surface area is 182 Å². The van der Waals surface area contributed by atoms with E-state index >= 15 is 0 Å². The van der Waals surface area contributed by atoms with Gasteiger partial charge in [0.15, 0.2) is 0 Å². The summed E-state index contributed by atoms with van der Waals surface area (Å²) in [6.07, 6.45) is 0. The van der Waals surface area contributed by atoms with Crippen molar-refractivity contribution in [2.24, 2.45) is 0 Å². The van der Waals surface area contributed by atoms with Crippen LogP contribution in [0.1, 0.15) is 40.0 Å². The third-order valence-corrected chi connectivity index (χ3v) is 6.57. The number of carbonyl (C=O) groups is 1. The van der Waals surface area contributed by atoms with Gasteiger partial charge in [0.05, 0.1) is 11.1 Å². The second kappa shape index (κ2) is 8.90. The Bertz CT molecular complexity index is 1160. The minimum absolute atomic E-state index is 0.0396. The van der Waals surface area contributed by atoms with Crippen molar-refractivity contribution in [3.63, 3.8) is 0 Å². The zero-order valence-electron chi connectivity index (χ0n) is 16.9. The summed E-state index contributed by atoms with van der Waals surface area (Å²) >= 11 is 6.14. The largest absolute Gasteiger partial charge is 0.346 e. The highest BCUT2D eigenvalue weighted by Crippen LogP contribution is 2.26. The predicted molar refractivity (Wildman–Crippen MR) is 120 cm³/mol. The monoisotopic (exact) mass is 442 g/mol. The fourth-order valence-electron chi connectivity index (χ4n) is 2.90. The van der Waals surface area contributed by atoms with E-state index in [0.717, 1.165) is 16.7 Å². The molecule has 0 aliphatic heterocycles. The topological polar surface area (TPSA) is 75.3 Å². The number of halogens is 1. The van der Waals surface area contributed by atoms with E-state index in [-0.39, 0.29) is 27.4 Å². The minimum Gasteiger partial charge on any atom is -0.346 e. The summed E-state index contributed by atoms with van der Waals surface area (Å²) in [7, 11) is -3.96. The van der Waals surface area contributed by atoms with E-state index in [1.165, 1.54) is 18.2 Å². The van der Waals surface area contributed by atoms with Gasteiger partial charge in [0.2, 0.25) is 0 Å². The van der Waals surface area contributed by atoms with Gasteiger partial charge < -0.3 is 5.32 Å². The van der Waals surface area contributed by atoms with E-state index in [1.807, 2.05) is 45.0 Å². The second-order valence-corrected chi connectivity index (χ2v) is 9.28. The summed E-state index contributed by atoms with van der Waals surface area (Å²) in [5.41, 5.74) is 3.72. The first-order chi connectivity index (χ1) is 14.2. The SMILES string of the molecule is Cc1ccc(NS(=O)(=O)c2cc(C(=O)N[C@H](C)c3ccc(C)cc3)ccc2Cl)cc1. The van der Waals surface area contributed by atoms with E-state index in [1.54, 1.807) is 24.3 Å². The summed E-state index contributed by atoms with van der Waals surface area (Å²) < 4.78 is 28.2. The molecule has 0 fully saturated rings. The van der Waals surface area contributed by atoms with Crippen LogP contribution in [0.25, 0.3) is 0 Å². The lowest BCUT2D eigenvalue weighted by molar-refractivity contribution is 0.0939. The van der Waals surface area contributed by atoms with Crippen molar-refractivity contribution in [3.8, 4) is 0 Å². The lowest BCUT2D eigenvalue weighted by atomic mass is 10.1. The number of carbonyl (C=O) groups excluding carboxylic acids is 1. The summed E-state index contributed by atoms with van der Waals surface area (Å²) in [5, 5.41) is 2.93. The highest BCUT2D eigenvalue weighted by molar-refractivity contribution is 7.92. The van der Waals surface area contributed by atoms with E-state index in [4.69, 9.17) is 11.6 Å². The van der Waals surface area contributed by atoms with Gasteiger partial charge in [-0.3, -0.25) is 9.52 Å². The van der Waals surface area contributed by atoms with Crippen LogP contribution >= 0.6 is 11.6 Å². The van der Waals surface area contributed by atoms with E-state index in [9.17, 15) is 13.2 Å². The number of amides is 1. The lowest BCUT2D eigenvalue weighted by Crippen LogP contribution is -2.27. The summed E-state index contributed by atoms with van der Waals surface area (Å²) in [6.45, 7) is 5.78. The van der Waals surface area contributed by atoms with Gasteiger partial charge in [0, 0.05) is 11.3 Å². The molecule has 0 aromatic heterocycles. The molecule has 0 bridgehead atoms. The predicted octanol–water partition coefficient (Wildman–Crippen LogP) is 5.25. The molecular weight excluding hydrogens is 420 g/mol. The average molecular weight is 443 g/mol. The molecule has 1 amide bonds. The molecule has 0 saturated heterocycles. The number of anilines is 1. The number of hydrogen-bond donors (Lipinski definition) is 2. The van der Waals surface area contributed by atoms with Crippen molar-refractivity contribution < 1.29 is 13.2 Å². The van der Waals surface area contributed by atoms with Gasteiger partial charge in [0.1, 0.15) is 4.90 Å². The highest BCUT2D eigenvalue weighted by atomic mass is 35.5. The molecule has 3 aromatic carbocycles. The van der Waals surface area contributed by atoms with Crippen molar-refractivity contribution in [3.05, 3.63) is 94.0 Å². The fourth-order valence-corrected chi connectivity index (χ4v) is 4.49. The van der Waals surface area contributed by atoms with Crippen molar-refractivity contribution in [1.82, 2.24) is 5.32 Å². The van der Waals surface area contributed by atoms with Crippen LogP contribution in [0, 0.1) is 13.8 Å². The third-order valence-electron chi connectivity index (χ3n) is 4.71. The Hall–Kier alpha value is -2.83. The van der Waals surface area contributed by atoms with E-state index < -0.39 is 10.0 Å². The molecule has 3 rings (SSSR count). The van der Waals surface area contributed by atoms with E-state index in [0.29, 0.717) is 5.69 Å². The van der Waals surface area contributed by atoms with Crippen molar-refractivity contribution in [2.45, 2.75) is 31.7 Å². The van der Waals surface area contributed by atoms with Gasteiger partial charge >= 0.3 is 0 Å². The van der Waals surface area contributed by atoms with Crippen LogP contribution in [-0.2, 0) is 10.0 Å². The number of sulfonamides is 1. The van der Waals surface area contributed by atoms with Crippen LogP contribution in [0.3, 0.4) is 0 Å². The molecule has 5 nitrogen and oxygen atoms in total. The molecule has 7 heteroatoms. The van der Waals surface area contributed by atoms with Crippen LogP contribution < -0.4 is 10.0 Å². The molecule has 156 valence electrons. The molecule has 2 N–H and O–H groups in total. The Morgan fingerprint density at radius 3 is 2.07 bits per heavy atom. The molecule has 0 radical (unpaired) electrons. The molecule has 0 aliphatic rings. The number of aryl methyl sites for hydroxylation is 2. The van der Waals surface area contributed by atoms with Gasteiger partial charge in [-0.25, -0.2) is 8.42 Å². The summed E-state index contributed by atoms with van der Waals surface area (Å²) in [4.78, 5) is 12.6. The van der Waals surface area contributed by atoms with Crippen molar-refractivity contribution >= 4 is 33.2 Å². The third kappa shape index (κ3) is 5.20. The average Bonchev–Trinajstić information content (AvgIpc) is 2.70. The summed E-state index contributed by atoms with van der Waals surface area (Å²) in [5.74, 6) is -0.383. The molecule has 0 spiro atoms. The molecule has 0 saturated carbocycles. The first-order valence-corrected chi connectivity index (χ1v) is 11.3. The quantitative estimate of drug-likeness (QED) is 0.547. The molecule has 3 aromatic rings. The Kier molecular flexibility index (Phi) is 6.48. The summed E-state index contributed by atoms with van der Waals surface area (Å²) in [6, 6.07) is 18.7. The van der Waals surface area contributed by atoms with Crippen LogP contribution in [0.15, 0.2) is 71.6 Å². The van der Waals surface area contributed by atoms with E-state index in [2.05, 4.69) is 10.0 Å². The molecule has 30 heavy (non-hydrogen) atoms. The van der Waals surface area contributed by atoms with Crippen LogP contribution in [0.2, 0.25) is 5.02 Å². The Morgan fingerprint density at radius 1 is 0.900 bits per heavy atom. The standard InChI is InChI=1S/C23H23ClN2O3S/c1-15-4-8-18(9-5-15)17(3)25-23(27)19-10-13-21(24)22(14-19)30(28,29)26-20-11-6-16(2)7-12-20/h4-14,17,26H,1-3H3,(H,25,27)/t17-/m1/s1. The van der Waals surface area contributed by atoms with Gasteiger partial charge in [0.25, 0.3) is 15.9 Å². The normalized spacial score (nSPS) is 12.3. The first kappa shape index (κ1) is 21.9. The van der Waals surface area contributed by atoms with Crippen LogP contribution in [0.5, 0.6) is 0 Å². The first-order valence-electron chi connectivity index (χ1n) is 9.42. The van der Waals surface area contributed by atoms with Crippen molar-refractivity contribution in [1.29, 1.82) is 0 Å². The minimum atomic E-state index is -3.96. The number of nitrogens with one attached hydrogen (secondary N) is 2. The maximum Gasteiger partial charge on any atom is 0.263 e. The smallest absolute Gasteiger partial charge is 0.263 e. The van der Waals surface area contributed by atoms with Crippen molar-refractivity contribution in [2.75, 3.05) is 4.72 Å². The lowest BCUT2D eigenvalue weighted by Gasteiger charge is -2.16. The Balaban J connectivity index is 1.82.